The van der Waals surface area contributed by atoms with Crippen LogP contribution in [0.15, 0.2) is 58.4 Å². The SMILES string of the molecule is COCCn1c(=NC(=O)CCCSc2ccccc2)sc2cc(C(=O)OC)ccc21. The van der Waals surface area contributed by atoms with Crippen molar-refractivity contribution in [3.05, 3.63) is 58.9 Å². The predicted octanol–water partition coefficient (Wildman–Crippen LogP) is 4.14. The topological polar surface area (TPSA) is 69.9 Å². The molecular weight excluding hydrogens is 420 g/mol. The third-order valence-electron chi connectivity index (χ3n) is 4.39. The highest BCUT2D eigenvalue weighted by Gasteiger charge is 2.12. The third kappa shape index (κ3) is 5.81. The lowest BCUT2D eigenvalue weighted by atomic mass is 10.2. The van der Waals surface area contributed by atoms with Crippen LogP contribution < -0.4 is 4.80 Å². The van der Waals surface area contributed by atoms with E-state index in [9.17, 15) is 9.59 Å². The number of thioether (sulfide) groups is 1. The smallest absolute Gasteiger partial charge is 0.337 e. The molecule has 0 fully saturated rings. The molecule has 6 nitrogen and oxygen atoms in total. The van der Waals surface area contributed by atoms with Gasteiger partial charge < -0.3 is 14.0 Å². The monoisotopic (exact) mass is 444 g/mol. The largest absolute Gasteiger partial charge is 0.465 e. The number of ether oxygens (including phenoxy) is 2. The first kappa shape index (κ1) is 22.3. The van der Waals surface area contributed by atoms with E-state index in [4.69, 9.17) is 9.47 Å². The van der Waals surface area contributed by atoms with Gasteiger partial charge in [-0.1, -0.05) is 29.5 Å². The normalized spacial score (nSPS) is 11.7. The van der Waals surface area contributed by atoms with Gasteiger partial charge >= 0.3 is 5.97 Å². The zero-order valence-electron chi connectivity index (χ0n) is 17.0. The Morgan fingerprint density at radius 1 is 1.13 bits per heavy atom. The minimum absolute atomic E-state index is 0.144. The van der Waals surface area contributed by atoms with Crippen LogP contribution in [0.1, 0.15) is 23.2 Å². The average Bonchev–Trinajstić information content (AvgIpc) is 3.11. The van der Waals surface area contributed by atoms with Gasteiger partial charge in [0.15, 0.2) is 4.80 Å². The second-order valence-electron chi connectivity index (χ2n) is 6.47. The van der Waals surface area contributed by atoms with Crippen LogP contribution in [0.25, 0.3) is 10.2 Å². The summed E-state index contributed by atoms with van der Waals surface area (Å²) >= 11 is 3.12. The first-order valence-corrected chi connectivity index (χ1v) is 11.4. The quantitative estimate of drug-likeness (QED) is 0.282. The number of rotatable bonds is 9. The maximum absolute atomic E-state index is 12.5. The maximum Gasteiger partial charge on any atom is 0.337 e. The number of benzene rings is 2. The van der Waals surface area contributed by atoms with Crippen LogP contribution in [-0.4, -0.2) is 43.0 Å². The van der Waals surface area contributed by atoms with Crippen LogP contribution in [-0.2, 0) is 20.8 Å². The summed E-state index contributed by atoms with van der Waals surface area (Å²) in [5, 5.41) is 0. The van der Waals surface area contributed by atoms with Crippen molar-refractivity contribution < 1.29 is 19.1 Å². The molecule has 0 atom stereocenters. The fourth-order valence-corrected chi connectivity index (χ4v) is 4.88. The number of carbonyl (C=O) groups excluding carboxylic acids is 2. The van der Waals surface area contributed by atoms with E-state index < -0.39 is 0 Å². The molecule has 3 aromatic rings. The number of fused-ring (bicyclic) bond motifs is 1. The number of carbonyl (C=O) groups is 2. The number of thiazole rings is 1. The van der Waals surface area contributed by atoms with Crippen LogP contribution in [0.4, 0.5) is 0 Å². The van der Waals surface area contributed by atoms with Gasteiger partial charge in [0.1, 0.15) is 0 Å². The molecule has 0 aliphatic carbocycles. The standard InChI is InChI=1S/C22H24N2O4S2/c1-27-13-12-24-18-11-10-16(21(26)28-2)15-19(18)30-22(24)23-20(25)9-6-14-29-17-7-4-3-5-8-17/h3-5,7-8,10-11,15H,6,9,12-14H2,1-2H3. The highest BCUT2D eigenvalue weighted by atomic mass is 32.2. The van der Waals surface area contributed by atoms with Gasteiger partial charge in [-0.3, -0.25) is 4.79 Å². The summed E-state index contributed by atoms with van der Waals surface area (Å²) in [5.41, 5.74) is 1.39. The van der Waals surface area contributed by atoms with Crippen molar-refractivity contribution in [2.45, 2.75) is 24.3 Å². The number of hydrogen-bond donors (Lipinski definition) is 0. The van der Waals surface area contributed by atoms with Crippen molar-refractivity contribution in [2.24, 2.45) is 4.99 Å². The van der Waals surface area contributed by atoms with Crippen LogP contribution in [0.5, 0.6) is 0 Å². The Hall–Kier alpha value is -2.42. The number of hydrogen-bond acceptors (Lipinski definition) is 6. The summed E-state index contributed by atoms with van der Waals surface area (Å²) < 4.78 is 12.8. The van der Waals surface area contributed by atoms with Crippen LogP contribution >= 0.6 is 23.1 Å². The molecule has 0 saturated heterocycles. The average molecular weight is 445 g/mol. The first-order valence-electron chi connectivity index (χ1n) is 9.58. The van der Waals surface area contributed by atoms with Gasteiger partial charge in [-0.2, -0.15) is 4.99 Å². The fraction of sp³-hybridized carbons (Fsp3) is 0.318. The molecule has 2 aromatic carbocycles. The Morgan fingerprint density at radius 2 is 1.93 bits per heavy atom. The third-order valence-corrected chi connectivity index (χ3v) is 6.53. The molecular formula is C22H24N2O4S2. The lowest BCUT2D eigenvalue weighted by molar-refractivity contribution is -0.118. The zero-order chi connectivity index (χ0) is 21.3. The van der Waals surface area contributed by atoms with Gasteiger partial charge in [-0.25, -0.2) is 4.79 Å². The Balaban J connectivity index is 1.75. The van der Waals surface area contributed by atoms with Crippen molar-refractivity contribution >= 4 is 45.2 Å². The Kier molecular flexibility index (Phi) is 8.24. The molecule has 0 unspecified atom stereocenters. The molecule has 0 aliphatic heterocycles. The first-order chi connectivity index (χ1) is 14.6. The molecule has 0 radical (unpaired) electrons. The Labute approximate surface area is 183 Å². The van der Waals surface area contributed by atoms with E-state index in [1.807, 2.05) is 28.8 Å². The Morgan fingerprint density at radius 3 is 2.67 bits per heavy atom. The number of aromatic nitrogens is 1. The highest BCUT2D eigenvalue weighted by molar-refractivity contribution is 7.99. The number of amides is 1. The summed E-state index contributed by atoms with van der Waals surface area (Å²) in [6.45, 7) is 1.07. The molecule has 3 rings (SSSR count). The van der Waals surface area contributed by atoms with Gasteiger partial charge in [0, 0.05) is 25.0 Å². The number of nitrogens with zero attached hydrogens (tertiary/aromatic N) is 2. The second-order valence-corrected chi connectivity index (χ2v) is 8.65. The van der Waals surface area contributed by atoms with Gasteiger partial charge in [0.25, 0.3) is 0 Å². The van der Waals surface area contributed by atoms with E-state index in [1.165, 1.54) is 23.3 Å². The molecule has 0 bridgehead atoms. The number of esters is 1. The lowest BCUT2D eigenvalue weighted by Crippen LogP contribution is -2.19. The summed E-state index contributed by atoms with van der Waals surface area (Å²) in [5.74, 6) is 0.331. The van der Waals surface area contributed by atoms with Crippen molar-refractivity contribution in [1.29, 1.82) is 0 Å². The van der Waals surface area contributed by atoms with Crippen molar-refractivity contribution in [2.75, 3.05) is 26.6 Å². The molecule has 8 heteroatoms. The van der Waals surface area contributed by atoms with Crippen molar-refractivity contribution in [3.8, 4) is 0 Å². The summed E-state index contributed by atoms with van der Waals surface area (Å²) in [6.07, 6.45) is 1.16. The molecule has 0 aliphatic rings. The van der Waals surface area contributed by atoms with E-state index in [0.717, 1.165) is 22.4 Å². The molecule has 0 spiro atoms. The Bertz CT molecular complexity index is 1070. The second kappa shape index (κ2) is 11.1. The van der Waals surface area contributed by atoms with Gasteiger partial charge in [0.05, 0.1) is 29.5 Å². The van der Waals surface area contributed by atoms with Crippen LogP contribution in [0.2, 0.25) is 0 Å². The zero-order valence-corrected chi connectivity index (χ0v) is 18.6. The van der Waals surface area contributed by atoms with E-state index >= 15 is 0 Å². The summed E-state index contributed by atoms with van der Waals surface area (Å²) in [4.78, 5) is 30.4. The van der Waals surface area contributed by atoms with E-state index in [1.54, 1.807) is 31.0 Å². The highest BCUT2D eigenvalue weighted by Crippen LogP contribution is 2.21. The van der Waals surface area contributed by atoms with Crippen molar-refractivity contribution in [3.63, 3.8) is 0 Å². The van der Waals surface area contributed by atoms with E-state index in [0.29, 0.717) is 29.9 Å². The van der Waals surface area contributed by atoms with Gasteiger partial charge in [-0.15, -0.1) is 11.8 Å². The molecule has 30 heavy (non-hydrogen) atoms. The van der Waals surface area contributed by atoms with Crippen LogP contribution in [0.3, 0.4) is 0 Å². The van der Waals surface area contributed by atoms with E-state index in [-0.39, 0.29) is 11.9 Å². The number of methoxy groups -OCH3 is 2. The molecule has 1 aromatic heterocycles. The minimum atomic E-state index is -0.390. The molecule has 0 N–H and O–H groups in total. The molecule has 158 valence electrons. The summed E-state index contributed by atoms with van der Waals surface area (Å²) in [7, 11) is 2.99. The van der Waals surface area contributed by atoms with E-state index in [2.05, 4.69) is 17.1 Å². The molecule has 0 saturated carbocycles. The minimum Gasteiger partial charge on any atom is -0.465 e. The van der Waals surface area contributed by atoms with Gasteiger partial charge in [0.2, 0.25) is 5.91 Å². The fourth-order valence-electron chi connectivity index (χ4n) is 2.89. The van der Waals surface area contributed by atoms with Crippen LogP contribution in [0, 0.1) is 0 Å². The maximum atomic E-state index is 12.5. The molecule has 1 heterocycles. The molecule has 1 amide bonds. The summed E-state index contributed by atoms with van der Waals surface area (Å²) in [6, 6.07) is 15.5. The predicted molar refractivity (Wildman–Crippen MR) is 120 cm³/mol. The lowest BCUT2D eigenvalue weighted by Gasteiger charge is -2.05. The van der Waals surface area contributed by atoms with Gasteiger partial charge in [-0.05, 0) is 42.5 Å². The van der Waals surface area contributed by atoms with Crippen molar-refractivity contribution in [1.82, 2.24) is 4.57 Å².